The second-order valence-corrected chi connectivity index (χ2v) is 2.12. The van der Waals surface area contributed by atoms with Crippen molar-refractivity contribution in [3.8, 4) is 0 Å². The lowest BCUT2D eigenvalue weighted by Gasteiger charge is -1.95. The summed E-state index contributed by atoms with van der Waals surface area (Å²) in [6, 6.07) is -0.413. The molecule has 0 saturated heterocycles. The van der Waals surface area contributed by atoms with Crippen LogP contribution in [0.1, 0.15) is 13.8 Å². The van der Waals surface area contributed by atoms with Gasteiger partial charge < -0.3 is 5.11 Å². The van der Waals surface area contributed by atoms with Crippen LogP contribution in [0, 0.1) is 0 Å². The van der Waals surface area contributed by atoms with Crippen LogP contribution in [-0.2, 0) is 9.59 Å². The fraction of sp³-hybridized carbons (Fsp3) is 0.429. The smallest absolute Gasteiger partial charge is 0.331 e. The maximum absolute atomic E-state index is 10.2. The third-order valence-electron chi connectivity index (χ3n) is 1.08. The number of hydrogen-bond donors (Lipinski definition) is 1. The molecule has 0 aliphatic rings. The van der Waals surface area contributed by atoms with E-state index in [1.54, 1.807) is 6.92 Å². The molecule has 11 heavy (non-hydrogen) atoms. The number of nitrogens with zero attached hydrogens (tertiary/aromatic N) is 1. The Hall–Kier alpha value is -1.41. The van der Waals surface area contributed by atoms with E-state index in [1.807, 2.05) is 0 Å². The summed E-state index contributed by atoms with van der Waals surface area (Å²) < 4.78 is 0. The van der Waals surface area contributed by atoms with Crippen molar-refractivity contribution in [1.29, 1.82) is 0 Å². The number of carboxylic acids is 1. The van der Waals surface area contributed by atoms with E-state index < -0.39 is 12.0 Å². The summed E-state index contributed by atoms with van der Waals surface area (Å²) in [6.07, 6.45) is 2.73. The number of carboxylic acid groups (broad SMARTS) is 1. The van der Waals surface area contributed by atoms with Crippen molar-refractivity contribution in [2.24, 2.45) is 4.99 Å². The molecule has 0 aromatic heterocycles. The predicted octanol–water partition coefficient (Wildman–Crippen LogP) is 0.742. The minimum Gasteiger partial charge on any atom is -0.478 e. The Bertz CT molecular complexity index is 226. The molecule has 0 fully saturated rings. The molecular weight excluding hydrogens is 146 g/mol. The third-order valence-corrected chi connectivity index (χ3v) is 1.08. The van der Waals surface area contributed by atoms with Gasteiger partial charge in [0.05, 0.1) is 6.04 Å². The summed E-state index contributed by atoms with van der Waals surface area (Å²) in [5.41, 5.74) is 0.177. The maximum atomic E-state index is 10.2. The highest BCUT2D eigenvalue weighted by Crippen LogP contribution is 1.98. The third kappa shape index (κ3) is 4.06. The molecule has 0 amide bonds. The van der Waals surface area contributed by atoms with E-state index >= 15 is 0 Å². The molecule has 4 nitrogen and oxygen atoms in total. The van der Waals surface area contributed by atoms with Crippen molar-refractivity contribution < 1.29 is 14.7 Å². The van der Waals surface area contributed by atoms with Crippen molar-refractivity contribution >= 4 is 12.0 Å². The van der Waals surface area contributed by atoms with Gasteiger partial charge in [0.2, 0.25) is 6.08 Å². The zero-order valence-corrected chi connectivity index (χ0v) is 6.37. The summed E-state index contributed by atoms with van der Waals surface area (Å²) >= 11 is 0. The molecule has 0 aromatic rings. The number of aliphatic imine (C=N–C) groups is 1. The molecule has 0 spiro atoms. The first-order chi connectivity index (χ1) is 5.07. The average molecular weight is 155 g/mol. The predicted molar refractivity (Wildman–Crippen MR) is 39.0 cm³/mol. The Morgan fingerprint density at radius 3 is 2.64 bits per heavy atom. The van der Waals surface area contributed by atoms with Gasteiger partial charge in [-0.1, -0.05) is 0 Å². The molecular formula is C7H9NO3. The van der Waals surface area contributed by atoms with E-state index in [9.17, 15) is 9.59 Å². The molecule has 1 unspecified atom stereocenters. The number of rotatable bonds is 3. The first kappa shape index (κ1) is 9.59. The standard InChI is InChI=1S/C7H9NO3/c1-5(7(10)11)3-6(2)8-4-9/h3,6H,1-2H3,(H,10,11)/b5-3-. The van der Waals surface area contributed by atoms with Crippen molar-refractivity contribution in [1.82, 2.24) is 0 Å². The van der Waals surface area contributed by atoms with Crippen LogP contribution < -0.4 is 0 Å². The molecule has 1 atom stereocenters. The molecule has 0 aliphatic carbocycles. The van der Waals surface area contributed by atoms with Crippen molar-refractivity contribution in [3.63, 3.8) is 0 Å². The van der Waals surface area contributed by atoms with Gasteiger partial charge in [0.1, 0.15) is 0 Å². The molecule has 0 rings (SSSR count). The van der Waals surface area contributed by atoms with Crippen molar-refractivity contribution in [3.05, 3.63) is 11.6 Å². The molecule has 60 valence electrons. The largest absolute Gasteiger partial charge is 0.478 e. The van der Waals surface area contributed by atoms with Gasteiger partial charge in [0.25, 0.3) is 0 Å². The highest BCUT2D eigenvalue weighted by atomic mass is 16.4. The van der Waals surface area contributed by atoms with Gasteiger partial charge in [0, 0.05) is 5.57 Å². The number of isocyanates is 1. The van der Waals surface area contributed by atoms with Crippen LogP contribution in [0.3, 0.4) is 0 Å². The van der Waals surface area contributed by atoms with E-state index in [4.69, 9.17) is 5.11 Å². The van der Waals surface area contributed by atoms with Crippen molar-refractivity contribution in [2.75, 3.05) is 0 Å². The topological polar surface area (TPSA) is 66.7 Å². The zero-order valence-electron chi connectivity index (χ0n) is 6.37. The van der Waals surface area contributed by atoms with Crippen LogP contribution in [0.15, 0.2) is 16.6 Å². The van der Waals surface area contributed by atoms with E-state index in [0.29, 0.717) is 0 Å². The molecule has 0 radical (unpaired) electrons. The zero-order chi connectivity index (χ0) is 8.85. The van der Waals surface area contributed by atoms with E-state index in [2.05, 4.69) is 4.99 Å². The summed E-state index contributed by atoms with van der Waals surface area (Å²) in [5, 5.41) is 8.39. The molecule has 0 saturated carbocycles. The summed E-state index contributed by atoms with van der Waals surface area (Å²) in [7, 11) is 0. The lowest BCUT2D eigenvalue weighted by Crippen LogP contribution is -2.00. The van der Waals surface area contributed by atoms with Gasteiger partial charge in [-0.15, -0.1) is 0 Å². The van der Waals surface area contributed by atoms with Crippen LogP contribution >= 0.6 is 0 Å². The lowest BCUT2D eigenvalue weighted by molar-refractivity contribution is -0.132. The summed E-state index contributed by atoms with van der Waals surface area (Å²) in [4.78, 5) is 23.2. The van der Waals surface area contributed by atoms with Gasteiger partial charge in [-0.05, 0) is 19.9 Å². The summed E-state index contributed by atoms with van der Waals surface area (Å²) in [6.45, 7) is 3.05. The lowest BCUT2D eigenvalue weighted by atomic mass is 10.2. The molecule has 0 aromatic carbocycles. The number of aliphatic carboxylic acids is 1. The fourth-order valence-corrected chi connectivity index (χ4v) is 0.553. The highest BCUT2D eigenvalue weighted by molar-refractivity contribution is 5.85. The Labute approximate surface area is 64.3 Å². The van der Waals surface area contributed by atoms with E-state index in [-0.39, 0.29) is 5.57 Å². The highest BCUT2D eigenvalue weighted by Gasteiger charge is 2.01. The quantitative estimate of drug-likeness (QED) is 0.371. The SMILES string of the molecule is C/C(=C/C(C)N=C=O)C(=O)O. The number of carbonyl (C=O) groups is 1. The number of carbonyl (C=O) groups excluding carboxylic acids is 1. The van der Waals surface area contributed by atoms with Gasteiger partial charge in [-0.2, -0.15) is 4.99 Å². The second-order valence-electron chi connectivity index (χ2n) is 2.12. The Morgan fingerprint density at radius 1 is 1.73 bits per heavy atom. The average Bonchev–Trinajstić information content (AvgIpc) is 1.87. The molecule has 0 bridgehead atoms. The van der Waals surface area contributed by atoms with Crippen LogP contribution in [0.25, 0.3) is 0 Å². The maximum Gasteiger partial charge on any atom is 0.331 e. The minimum absolute atomic E-state index is 0.177. The van der Waals surface area contributed by atoms with E-state index in [0.717, 1.165) is 0 Å². The number of hydrogen-bond acceptors (Lipinski definition) is 3. The van der Waals surface area contributed by atoms with Crippen LogP contribution in [0.5, 0.6) is 0 Å². The second kappa shape index (κ2) is 4.41. The molecule has 4 heteroatoms. The van der Waals surface area contributed by atoms with Gasteiger partial charge >= 0.3 is 5.97 Å². The van der Waals surface area contributed by atoms with E-state index in [1.165, 1.54) is 19.1 Å². The Kier molecular flexibility index (Phi) is 3.85. The van der Waals surface area contributed by atoms with Crippen LogP contribution in [0.2, 0.25) is 0 Å². The molecule has 1 N–H and O–H groups in total. The minimum atomic E-state index is -1.00. The molecule has 0 heterocycles. The molecule has 0 aliphatic heterocycles. The Morgan fingerprint density at radius 2 is 2.27 bits per heavy atom. The Balaban J connectivity index is 4.29. The fourth-order valence-electron chi connectivity index (χ4n) is 0.553. The summed E-state index contributed by atoms with van der Waals surface area (Å²) in [5.74, 6) is -1.00. The van der Waals surface area contributed by atoms with Gasteiger partial charge in [-0.3, -0.25) is 0 Å². The first-order valence-electron chi connectivity index (χ1n) is 3.06. The monoisotopic (exact) mass is 155 g/mol. The van der Waals surface area contributed by atoms with Crippen molar-refractivity contribution in [2.45, 2.75) is 19.9 Å². The van der Waals surface area contributed by atoms with Gasteiger partial charge in [-0.25, -0.2) is 9.59 Å². The first-order valence-corrected chi connectivity index (χ1v) is 3.06. The van der Waals surface area contributed by atoms with Gasteiger partial charge in [0.15, 0.2) is 0 Å². The van der Waals surface area contributed by atoms with Crippen LogP contribution in [0.4, 0.5) is 0 Å². The normalized spacial score (nSPS) is 13.5. The van der Waals surface area contributed by atoms with Crippen LogP contribution in [-0.4, -0.2) is 23.2 Å².